The van der Waals surface area contributed by atoms with Gasteiger partial charge in [0, 0.05) is 22.8 Å². The molecule has 1 aromatic heterocycles. The largest absolute Gasteiger partial charge is 0.497 e. The maximum Gasteiger partial charge on any atom is 0.337 e. The topological polar surface area (TPSA) is 144 Å². The molecule has 0 radical (unpaired) electrons. The second-order valence-corrected chi connectivity index (χ2v) is 8.24. The Morgan fingerprint density at radius 3 is 2.16 bits per heavy atom. The minimum Gasteiger partial charge on any atom is -0.497 e. The molecular formula is C27H23N5O6. The Kier molecular flexibility index (Phi) is 6.40. The molecule has 0 atom stereocenters. The zero-order chi connectivity index (χ0) is 26.8. The number of nitrogens with one attached hydrogen (secondary N) is 4. The van der Waals surface area contributed by atoms with Gasteiger partial charge in [-0.1, -0.05) is 12.1 Å². The summed E-state index contributed by atoms with van der Waals surface area (Å²) in [5.74, 6) is 0.661. The van der Waals surface area contributed by atoms with Crippen LogP contribution in [0.5, 0.6) is 17.2 Å². The number of H-pyrrole nitrogens is 1. The minimum atomic E-state index is -0.738. The molecule has 11 heteroatoms. The molecule has 38 heavy (non-hydrogen) atoms. The molecule has 192 valence electrons. The maximum atomic E-state index is 13.5. The molecule has 11 nitrogen and oxygen atoms in total. The van der Waals surface area contributed by atoms with Crippen molar-refractivity contribution in [2.24, 2.45) is 0 Å². The van der Waals surface area contributed by atoms with E-state index >= 15 is 0 Å². The van der Waals surface area contributed by atoms with Crippen molar-refractivity contribution in [1.29, 1.82) is 0 Å². The van der Waals surface area contributed by atoms with E-state index < -0.39 is 11.9 Å². The molecule has 1 heterocycles. The van der Waals surface area contributed by atoms with Crippen LogP contribution in [0.25, 0.3) is 22.5 Å². The van der Waals surface area contributed by atoms with Crippen LogP contribution in [-0.4, -0.2) is 49.2 Å². The monoisotopic (exact) mass is 513 g/mol. The van der Waals surface area contributed by atoms with Gasteiger partial charge in [-0.2, -0.15) is 5.10 Å². The highest BCUT2D eigenvalue weighted by molar-refractivity contribution is 6.27. The summed E-state index contributed by atoms with van der Waals surface area (Å²) in [6.45, 7) is 0. The number of aromatic nitrogens is 2. The van der Waals surface area contributed by atoms with E-state index in [-0.39, 0.29) is 17.0 Å². The number of urea groups is 1. The fourth-order valence-electron chi connectivity index (χ4n) is 4.23. The first kappa shape index (κ1) is 24.4. The number of benzene rings is 3. The number of amides is 3. The Morgan fingerprint density at radius 2 is 1.50 bits per heavy atom. The molecule has 0 bridgehead atoms. The van der Waals surface area contributed by atoms with Gasteiger partial charge in [-0.25, -0.2) is 10.2 Å². The lowest BCUT2D eigenvalue weighted by Gasteiger charge is -2.12. The number of aromatic amines is 1. The molecule has 0 spiro atoms. The highest BCUT2D eigenvalue weighted by Gasteiger charge is 2.35. The van der Waals surface area contributed by atoms with E-state index in [9.17, 15) is 14.4 Å². The van der Waals surface area contributed by atoms with Crippen LogP contribution in [0.3, 0.4) is 0 Å². The Hall–Kier alpha value is -5.32. The van der Waals surface area contributed by atoms with Gasteiger partial charge in [-0.05, 0) is 42.5 Å². The number of nitrogens with zero attached hydrogens (tertiary/aromatic N) is 1. The van der Waals surface area contributed by atoms with E-state index in [1.54, 1.807) is 43.5 Å². The molecule has 1 aliphatic carbocycles. The summed E-state index contributed by atoms with van der Waals surface area (Å²) in [7, 11) is 4.51. The second kappa shape index (κ2) is 9.97. The average molecular weight is 514 g/mol. The van der Waals surface area contributed by atoms with Gasteiger partial charge in [-0.3, -0.25) is 20.1 Å². The first-order valence-electron chi connectivity index (χ1n) is 11.4. The van der Waals surface area contributed by atoms with E-state index in [2.05, 4.69) is 26.4 Å². The van der Waals surface area contributed by atoms with E-state index in [1.165, 1.54) is 26.4 Å². The number of hydrazine groups is 1. The van der Waals surface area contributed by atoms with Gasteiger partial charge in [0.15, 0.2) is 5.78 Å². The molecule has 0 fully saturated rings. The Labute approximate surface area is 217 Å². The highest BCUT2D eigenvalue weighted by atomic mass is 16.5. The van der Waals surface area contributed by atoms with E-state index in [0.717, 1.165) is 5.56 Å². The summed E-state index contributed by atoms with van der Waals surface area (Å²) in [5, 5.41) is 9.94. The van der Waals surface area contributed by atoms with Crippen molar-refractivity contribution in [2.75, 3.05) is 26.6 Å². The number of hydrogen-bond donors (Lipinski definition) is 4. The first-order valence-corrected chi connectivity index (χ1v) is 11.4. The minimum absolute atomic E-state index is 0.217. The fraction of sp³-hybridized carbons (Fsp3) is 0.111. The number of fused-ring (bicyclic) bond motifs is 3. The number of carbonyl (C=O) groups excluding carboxylic acids is 3. The Balaban J connectivity index is 1.32. The quantitative estimate of drug-likeness (QED) is 0.253. The Morgan fingerprint density at radius 1 is 0.816 bits per heavy atom. The number of hydrogen-bond acceptors (Lipinski definition) is 7. The molecule has 5 rings (SSSR count). The van der Waals surface area contributed by atoms with Crippen LogP contribution in [0.1, 0.15) is 26.3 Å². The number of rotatable bonds is 6. The molecule has 3 aromatic carbocycles. The number of carbonyl (C=O) groups is 3. The van der Waals surface area contributed by atoms with Gasteiger partial charge in [0.25, 0.3) is 5.91 Å². The summed E-state index contributed by atoms with van der Waals surface area (Å²) >= 11 is 0. The van der Waals surface area contributed by atoms with Crippen LogP contribution in [0.2, 0.25) is 0 Å². The lowest BCUT2D eigenvalue weighted by Crippen LogP contribution is -2.44. The number of ether oxygens (including phenoxy) is 3. The van der Waals surface area contributed by atoms with Crippen LogP contribution in [-0.2, 0) is 0 Å². The zero-order valence-corrected chi connectivity index (χ0v) is 20.7. The standard InChI is InChI=1S/C27H23N5O6/c1-36-16-9-7-14(8-10-16)23-22-24(30-29-23)19-5-4-6-20(21(19)25(22)33)28-27(35)32-31-26(34)15-11-17(37-2)13-18(12-15)38-3/h4-13H,1-3H3,(H,29,30)(H,31,34)(H2,28,32,35). The van der Waals surface area contributed by atoms with Gasteiger partial charge in [0.1, 0.15) is 22.9 Å². The van der Waals surface area contributed by atoms with Crippen molar-refractivity contribution in [3.63, 3.8) is 0 Å². The summed E-state index contributed by atoms with van der Waals surface area (Å²) < 4.78 is 15.5. The molecule has 1 aliphatic rings. The van der Waals surface area contributed by atoms with Crippen molar-refractivity contribution in [1.82, 2.24) is 21.0 Å². The molecule has 0 aliphatic heterocycles. The molecule has 4 N–H and O–H groups in total. The van der Waals surface area contributed by atoms with Gasteiger partial charge >= 0.3 is 6.03 Å². The van der Waals surface area contributed by atoms with Gasteiger partial charge in [-0.15, -0.1) is 0 Å². The predicted octanol–water partition coefficient (Wildman–Crippen LogP) is 3.78. The molecule has 0 unspecified atom stereocenters. The zero-order valence-electron chi connectivity index (χ0n) is 20.7. The lowest BCUT2D eigenvalue weighted by molar-refractivity contribution is 0.0936. The molecule has 4 aromatic rings. The van der Waals surface area contributed by atoms with Crippen molar-refractivity contribution >= 4 is 23.4 Å². The van der Waals surface area contributed by atoms with Crippen LogP contribution in [0, 0.1) is 0 Å². The SMILES string of the molecule is COc1ccc(-c2n[nH]c3c2C(=O)c2c(NC(=O)NNC(=O)c4cc(OC)cc(OC)c4)cccc2-3)cc1. The highest BCUT2D eigenvalue weighted by Crippen LogP contribution is 2.43. The van der Waals surface area contributed by atoms with Crippen molar-refractivity contribution < 1.29 is 28.6 Å². The summed E-state index contributed by atoms with van der Waals surface area (Å²) in [4.78, 5) is 38.7. The summed E-state index contributed by atoms with van der Waals surface area (Å²) in [5.41, 5.74) is 8.30. The summed E-state index contributed by atoms with van der Waals surface area (Å²) in [6.07, 6.45) is 0. The lowest BCUT2D eigenvalue weighted by atomic mass is 10.0. The third kappa shape index (κ3) is 4.37. The molecule has 3 amide bonds. The normalized spacial score (nSPS) is 11.3. The average Bonchev–Trinajstić information content (AvgIpc) is 3.51. The third-order valence-corrected chi connectivity index (χ3v) is 6.07. The van der Waals surface area contributed by atoms with Crippen molar-refractivity contribution in [2.45, 2.75) is 0 Å². The molecular weight excluding hydrogens is 490 g/mol. The van der Waals surface area contributed by atoms with Gasteiger partial charge in [0.2, 0.25) is 0 Å². The van der Waals surface area contributed by atoms with Crippen LogP contribution in [0.15, 0.2) is 60.7 Å². The van der Waals surface area contributed by atoms with Crippen LogP contribution < -0.4 is 30.4 Å². The second-order valence-electron chi connectivity index (χ2n) is 8.24. The predicted molar refractivity (Wildman–Crippen MR) is 139 cm³/mol. The number of methoxy groups -OCH3 is 3. The van der Waals surface area contributed by atoms with Crippen molar-refractivity contribution in [3.8, 4) is 39.8 Å². The fourth-order valence-corrected chi connectivity index (χ4v) is 4.23. The maximum absolute atomic E-state index is 13.5. The van der Waals surface area contributed by atoms with Gasteiger partial charge < -0.3 is 19.5 Å². The summed E-state index contributed by atoms with van der Waals surface area (Å²) in [6, 6.07) is 16.2. The van der Waals surface area contributed by atoms with E-state index in [1.807, 2.05) is 12.1 Å². The number of anilines is 1. The number of ketones is 1. The van der Waals surface area contributed by atoms with E-state index in [4.69, 9.17) is 14.2 Å². The smallest absolute Gasteiger partial charge is 0.337 e. The van der Waals surface area contributed by atoms with Crippen LogP contribution >= 0.6 is 0 Å². The Bertz CT molecular complexity index is 1540. The third-order valence-electron chi connectivity index (χ3n) is 6.07. The van der Waals surface area contributed by atoms with Gasteiger partial charge in [0.05, 0.1) is 43.8 Å². The van der Waals surface area contributed by atoms with Crippen LogP contribution in [0.4, 0.5) is 10.5 Å². The van der Waals surface area contributed by atoms with Crippen molar-refractivity contribution in [3.05, 3.63) is 77.4 Å². The molecule has 0 saturated heterocycles. The first-order chi connectivity index (χ1) is 18.4. The molecule has 0 saturated carbocycles. The van der Waals surface area contributed by atoms with E-state index in [0.29, 0.717) is 45.3 Å².